The molecule has 0 aliphatic carbocycles. The quantitative estimate of drug-likeness (QED) is 0.787. The fourth-order valence-corrected chi connectivity index (χ4v) is 3.23. The predicted octanol–water partition coefficient (Wildman–Crippen LogP) is 3.29. The first-order valence-corrected chi connectivity index (χ1v) is 8.37. The molecule has 118 valence electrons. The van der Waals surface area contributed by atoms with Crippen molar-refractivity contribution >= 4 is 33.8 Å². The van der Waals surface area contributed by atoms with Gasteiger partial charge in [0.15, 0.2) is 4.96 Å². The zero-order chi connectivity index (χ0) is 16.4. The molecule has 0 radical (unpaired) electrons. The SMILES string of the molecule is CCC(NC(=O)c1cnc2sccn2c1=O)c1cccc(Cl)c1. The van der Waals surface area contributed by atoms with E-state index >= 15 is 0 Å². The van der Waals surface area contributed by atoms with E-state index in [2.05, 4.69) is 10.3 Å². The number of rotatable bonds is 4. The van der Waals surface area contributed by atoms with E-state index in [1.54, 1.807) is 17.6 Å². The Morgan fingerprint density at radius 2 is 2.30 bits per heavy atom. The van der Waals surface area contributed by atoms with Crippen molar-refractivity contribution in [2.24, 2.45) is 0 Å². The Balaban J connectivity index is 1.89. The van der Waals surface area contributed by atoms with Gasteiger partial charge in [-0.25, -0.2) is 4.98 Å². The summed E-state index contributed by atoms with van der Waals surface area (Å²) in [5.74, 6) is -0.435. The van der Waals surface area contributed by atoms with Gasteiger partial charge in [-0.05, 0) is 24.1 Å². The van der Waals surface area contributed by atoms with Gasteiger partial charge in [-0.1, -0.05) is 30.7 Å². The van der Waals surface area contributed by atoms with Crippen LogP contribution < -0.4 is 10.9 Å². The monoisotopic (exact) mass is 347 g/mol. The van der Waals surface area contributed by atoms with Crippen LogP contribution in [-0.2, 0) is 0 Å². The second-order valence-corrected chi connectivity index (χ2v) is 6.33. The Kier molecular flexibility index (Phi) is 4.45. The summed E-state index contributed by atoms with van der Waals surface area (Å²) in [6.45, 7) is 1.96. The van der Waals surface area contributed by atoms with Crippen molar-refractivity contribution < 1.29 is 4.79 Å². The second-order valence-electron chi connectivity index (χ2n) is 5.02. The van der Waals surface area contributed by atoms with Gasteiger partial charge in [-0.15, -0.1) is 11.3 Å². The van der Waals surface area contributed by atoms with E-state index in [9.17, 15) is 9.59 Å². The van der Waals surface area contributed by atoms with Crippen LogP contribution >= 0.6 is 22.9 Å². The van der Waals surface area contributed by atoms with Crippen LogP contribution in [-0.4, -0.2) is 15.3 Å². The van der Waals surface area contributed by atoms with E-state index in [0.29, 0.717) is 16.4 Å². The van der Waals surface area contributed by atoms with Gasteiger partial charge in [-0.3, -0.25) is 14.0 Å². The molecule has 1 amide bonds. The van der Waals surface area contributed by atoms with Crippen molar-refractivity contribution in [1.29, 1.82) is 0 Å². The Bertz CT molecular complexity index is 919. The third-order valence-corrected chi connectivity index (χ3v) is 4.56. The number of fused-ring (bicyclic) bond motifs is 1. The van der Waals surface area contributed by atoms with E-state index in [1.165, 1.54) is 21.9 Å². The number of amides is 1. The van der Waals surface area contributed by atoms with Gasteiger partial charge in [0, 0.05) is 22.8 Å². The van der Waals surface area contributed by atoms with E-state index < -0.39 is 5.91 Å². The summed E-state index contributed by atoms with van der Waals surface area (Å²) in [4.78, 5) is 29.5. The zero-order valence-corrected chi connectivity index (χ0v) is 13.9. The Labute approximate surface area is 141 Å². The molecule has 1 atom stereocenters. The predicted molar refractivity (Wildman–Crippen MR) is 91.3 cm³/mol. The van der Waals surface area contributed by atoms with Gasteiger partial charge in [0.1, 0.15) is 5.56 Å². The van der Waals surface area contributed by atoms with Gasteiger partial charge in [0.05, 0.1) is 6.04 Å². The van der Waals surface area contributed by atoms with Gasteiger partial charge in [-0.2, -0.15) is 0 Å². The summed E-state index contributed by atoms with van der Waals surface area (Å²) in [7, 11) is 0. The number of aromatic nitrogens is 2. The number of hydrogen-bond donors (Lipinski definition) is 1. The average molecular weight is 348 g/mol. The maximum Gasteiger partial charge on any atom is 0.271 e. The maximum atomic E-state index is 12.5. The van der Waals surface area contributed by atoms with Crippen molar-refractivity contribution in [1.82, 2.24) is 14.7 Å². The fourth-order valence-electron chi connectivity index (χ4n) is 2.36. The molecule has 0 saturated heterocycles. The first kappa shape index (κ1) is 15.7. The lowest BCUT2D eigenvalue weighted by atomic mass is 10.0. The van der Waals surface area contributed by atoms with Gasteiger partial charge in [0.25, 0.3) is 11.5 Å². The molecule has 3 rings (SSSR count). The smallest absolute Gasteiger partial charge is 0.271 e. The van der Waals surface area contributed by atoms with E-state index in [4.69, 9.17) is 11.6 Å². The fraction of sp³-hybridized carbons (Fsp3) is 0.188. The molecule has 7 heteroatoms. The van der Waals surface area contributed by atoms with Crippen molar-refractivity contribution in [2.75, 3.05) is 0 Å². The van der Waals surface area contributed by atoms with Crippen LogP contribution in [0.3, 0.4) is 0 Å². The number of nitrogens with zero attached hydrogens (tertiary/aromatic N) is 2. The first-order valence-electron chi connectivity index (χ1n) is 7.11. The summed E-state index contributed by atoms with van der Waals surface area (Å²) >= 11 is 7.35. The maximum absolute atomic E-state index is 12.5. The highest BCUT2D eigenvalue weighted by molar-refractivity contribution is 7.15. The first-order chi connectivity index (χ1) is 11.1. The van der Waals surface area contributed by atoms with Crippen LogP contribution in [0.1, 0.15) is 35.3 Å². The molecule has 0 aliphatic heterocycles. The van der Waals surface area contributed by atoms with Crippen LogP contribution in [0.25, 0.3) is 4.96 Å². The Hall–Kier alpha value is -2.18. The lowest BCUT2D eigenvalue weighted by Gasteiger charge is -2.17. The molecule has 1 aromatic carbocycles. The van der Waals surface area contributed by atoms with Gasteiger partial charge < -0.3 is 5.32 Å². The summed E-state index contributed by atoms with van der Waals surface area (Å²) in [5.41, 5.74) is 0.564. The van der Waals surface area contributed by atoms with Crippen LogP contribution in [0.2, 0.25) is 5.02 Å². The summed E-state index contributed by atoms with van der Waals surface area (Å²) < 4.78 is 1.37. The molecule has 3 aromatic rings. The molecule has 0 aliphatic rings. The molecule has 0 bridgehead atoms. The standard InChI is InChI=1S/C16H14ClN3O2S/c1-2-13(10-4-3-5-11(17)8-10)19-14(21)12-9-18-16-20(15(12)22)6-7-23-16/h3-9,13H,2H2,1H3,(H,19,21). The third kappa shape index (κ3) is 3.13. The minimum Gasteiger partial charge on any atom is -0.345 e. The van der Waals surface area contributed by atoms with Crippen molar-refractivity contribution in [3.63, 3.8) is 0 Å². The number of benzene rings is 1. The van der Waals surface area contributed by atoms with Gasteiger partial charge >= 0.3 is 0 Å². The lowest BCUT2D eigenvalue weighted by Crippen LogP contribution is -2.33. The molecule has 0 spiro atoms. The average Bonchev–Trinajstić information content (AvgIpc) is 3.02. The molecule has 1 N–H and O–H groups in total. The molecule has 2 aromatic heterocycles. The zero-order valence-electron chi connectivity index (χ0n) is 12.3. The number of thiazole rings is 1. The summed E-state index contributed by atoms with van der Waals surface area (Å²) in [6, 6.07) is 7.10. The molecule has 23 heavy (non-hydrogen) atoms. The van der Waals surface area contributed by atoms with Crippen molar-refractivity contribution in [3.05, 3.63) is 68.5 Å². The molecular weight excluding hydrogens is 334 g/mol. The molecule has 2 heterocycles. The highest BCUT2D eigenvalue weighted by atomic mass is 35.5. The normalized spacial score (nSPS) is 12.3. The molecule has 0 fully saturated rings. The number of carbonyl (C=O) groups is 1. The number of halogens is 1. The van der Waals surface area contributed by atoms with E-state index in [1.807, 2.05) is 25.1 Å². The Morgan fingerprint density at radius 1 is 1.48 bits per heavy atom. The molecule has 0 saturated carbocycles. The van der Waals surface area contributed by atoms with E-state index in [0.717, 1.165) is 5.56 Å². The highest BCUT2D eigenvalue weighted by Gasteiger charge is 2.18. The summed E-state index contributed by atoms with van der Waals surface area (Å²) in [6.07, 6.45) is 3.62. The number of hydrogen-bond acceptors (Lipinski definition) is 4. The van der Waals surface area contributed by atoms with Crippen LogP contribution in [0, 0.1) is 0 Å². The number of nitrogens with one attached hydrogen (secondary N) is 1. The topological polar surface area (TPSA) is 63.5 Å². The van der Waals surface area contributed by atoms with Gasteiger partial charge in [0.2, 0.25) is 0 Å². The van der Waals surface area contributed by atoms with Crippen molar-refractivity contribution in [2.45, 2.75) is 19.4 Å². The minimum absolute atomic E-state index is 0.0291. The lowest BCUT2D eigenvalue weighted by molar-refractivity contribution is 0.0933. The molecule has 1 unspecified atom stereocenters. The third-order valence-electron chi connectivity index (χ3n) is 3.55. The number of carbonyl (C=O) groups excluding carboxylic acids is 1. The Morgan fingerprint density at radius 3 is 3.04 bits per heavy atom. The van der Waals surface area contributed by atoms with Crippen molar-refractivity contribution in [3.8, 4) is 0 Å². The highest BCUT2D eigenvalue weighted by Crippen LogP contribution is 2.20. The van der Waals surface area contributed by atoms with E-state index in [-0.39, 0.29) is 17.2 Å². The van der Waals surface area contributed by atoms with Crippen LogP contribution in [0.4, 0.5) is 0 Å². The van der Waals surface area contributed by atoms with Crippen LogP contribution in [0.5, 0.6) is 0 Å². The van der Waals surface area contributed by atoms with Crippen LogP contribution in [0.15, 0.2) is 46.8 Å². The second kappa shape index (κ2) is 6.52. The minimum atomic E-state index is -0.435. The molecule has 5 nitrogen and oxygen atoms in total. The molecular formula is C16H14ClN3O2S. The summed E-state index contributed by atoms with van der Waals surface area (Å²) in [5, 5.41) is 5.24. The largest absolute Gasteiger partial charge is 0.345 e.